The Hall–Kier alpha value is -4.17. The number of nitriles is 1. The van der Waals surface area contributed by atoms with Crippen LogP contribution in [0.15, 0.2) is 42.4 Å². The van der Waals surface area contributed by atoms with Crippen LogP contribution >= 0.6 is 0 Å². The second-order valence-electron chi connectivity index (χ2n) is 8.30. The lowest BCUT2D eigenvalue weighted by Crippen LogP contribution is -2.50. The molecule has 1 amide bonds. The molecule has 188 valence electrons. The molecule has 2 N–H and O–H groups in total. The monoisotopic (exact) mass is 491 g/mol. The van der Waals surface area contributed by atoms with Gasteiger partial charge >= 0.3 is 5.97 Å². The Labute approximate surface area is 209 Å². The summed E-state index contributed by atoms with van der Waals surface area (Å²) in [5.74, 6) is 1.21. The molecule has 0 radical (unpaired) electrons. The van der Waals surface area contributed by atoms with Gasteiger partial charge < -0.3 is 25.0 Å². The maximum atomic E-state index is 12.6. The van der Waals surface area contributed by atoms with E-state index in [0.717, 1.165) is 5.69 Å². The number of piperazine rings is 1. The molecule has 0 unspecified atom stereocenters. The second kappa shape index (κ2) is 12.0. The normalized spacial score (nSPS) is 16.3. The molecule has 1 saturated heterocycles. The van der Waals surface area contributed by atoms with Gasteiger partial charge in [-0.25, -0.2) is 9.97 Å². The summed E-state index contributed by atoms with van der Waals surface area (Å²) >= 11 is 0. The molecule has 1 aromatic heterocycles. The number of anilines is 2. The quantitative estimate of drug-likeness (QED) is 0.305. The average Bonchev–Trinajstić information content (AvgIpc) is 3.31. The predicted molar refractivity (Wildman–Crippen MR) is 133 cm³/mol. The van der Waals surface area contributed by atoms with Gasteiger partial charge in [0.2, 0.25) is 17.7 Å². The first kappa shape index (κ1) is 24.9. The van der Waals surface area contributed by atoms with Gasteiger partial charge in [-0.2, -0.15) is 5.26 Å². The Morgan fingerprint density at radius 2 is 2.03 bits per heavy atom. The van der Waals surface area contributed by atoms with Crippen LogP contribution in [-0.2, 0) is 14.3 Å². The topological polar surface area (TPSA) is 133 Å². The molecular weight excluding hydrogens is 462 g/mol. The van der Waals surface area contributed by atoms with Crippen LogP contribution in [0.25, 0.3) is 5.57 Å². The number of rotatable bonds is 9. The van der Waals surface area contributed by atoms with E-state index in [1.54, 1.807) is 19.2 Å². The van der Waals surface area contributed by atoms with Crippen LogP contribution in [0.5, 0.6) is 5.75 Å². The Bertz CT molecular complexity index is 1140. The van der Waals surface area contributed by atoms with Crippen molar-refractivity contribution in [2.75, 3.05) is 56.5 Å². The van der Waals surface area contributed by atoms with Crippen LogP contribution in [0.1, 0.15) is 25.5 Å². The summed E-state index contributed by atoms with van der Waals surface area (Å²) in [6.45, 7) is 5.45. The van der Waals surface area contributed by atoms with Crippen molar-refractivity contribution in [2.24, 2.45) is 0 Å². The van der Waals surface area contributed by atoms with Crippen LogP contribution < -0.4 is 15.4 Å². The van der Waals surface area contributed by atoms with Crippen molar-refractivity contribution >= 4 is 29.1 Å². The van der Waals surface area contributed by atoms with E-state index in [0.29, 0.717) is 75.4 Å². The fourth-order valence-electron chi connectivity index (χ4n) is 3.98. The van der Waals surface area contributed by atoms with Gasteiger partial charge in [0.15, 0.2) is 5.75 Å². The van der Waals surface area contributed by atoms with Gasteiger partial charge in [-0.05, 0) is 31.5 Å². The standard InChI is InChI=1S/C25H29N7O4/c1-2-35-23(34)17-31-12-14-32(15-13-31)22(33)8-5-10-27-25-28-11-9-19(30-25)18(16-26)24-29-20-6-3-4-7-21(20)36-24/h3-4,6-7,9,11,29H,2,5,8,10,12-15,17H2,1H3,(H,27,28,30). The first-order valence-electron chi connectivity index (χ1n) is 12.0. The Morgan fingerprint density at radius 3 is 2.78 bits per heavy atom. The van der Waals surface area contributed by atoms with Gasteiger partial charge in [0.05, 0.1) is 24.5 Å². The molecule has 11 heteroatoms. The molecule has 0 atom stereocenters. The third kappa shape index (κ3) is 6.28. The van der Waals surface area contributed by atoms with Crippen molar-refractivity contribution in [1.29, 1.82) is 5.26 Å². The highest BCUT2D eigenvalue weighted by Crippen LogP contribution is 2.35. The zero-order valence-electron chi connectivity index (χ0n) is 20.2. The van der Waals surface area contributed by atoms with Crippen LogP contribution in [-0.4, -0.2) is 77.5 Å². The molecule has 0 aliphatic carbocycles. The molecule has 1 fully saturated rings. The predicted octanol–water partition coefficient (Wildman–Crippen LogP) is 2.07. The Balaban J connectivity index is 1.23. The zero-order valence-corrected chi connectivity index (χ0v) is 20.2. The summed E-state index contributed by atoms with van der Waals surface area (Å²) < 4.78 is 10.8. The molecule has 1 aromatic carbocycles. The highest BCUT2D eigenvalue weighted by molar-refractivity contribution is 5.82. The summed E-state index contributed by atoms with van der Waals surface area (Å²) in [7, 11) is 0. The van der Waals surface area contributed by atoms with Crippen molar-refractivity contribution in [3.05, 3.63) is 48.1 Å². The number of para-hydroxylation sites is 2. The number of aromatic nitrogens is 2. The Kier molecular flexibility index (Phi) is 8.31. The van der Waals surface area contributed by atoms with Crippen molar-refractivity contribution in [1.82, 2.24) is 19.8 Å². The number of esters is 1. The lowest BCUT2D eigenvalue weighted by atomic mass is 10.2. The van der Waals surface area contributed by atoms with Gasteiger partial charge in [-0.1, -0.05) is 12.1 Å². The molecule has 3 heterocycles. The van der Waals surface area contributed by atoms with Crippen LogP contribution in [0, 0.1) is 11.3 Å². The van der Waals surface area contributed by atoms with E-state index in [9.17, 15) is 14.9 Å². The Morgan fingerprint density at radius 1 is 1.22 bits per heavy atom. The van der Waals surface area contributed by atoms with Gasteiger partial charge in [0.25, 0.3) is 0 Å². The van der Waals surface area contributed by atoms with E-state index < -0.39 is 0 Å². The lowest BCUT2D eigenvalue weighted by Gasteiger charge is -2.34. The zero-order chi connectivity index (χ0) is 25.3. The minimum absolute atomic E-state index is 0.0859. The number of carbonyl (C=O) groups excluding carboxylic acids is 2. The SMILES string of the molecule is CCOC(=O)CN1CCN(C(=O)CCCNc2nccc(C(C#N)=C3Nc4ccccc4O3)n2)CC1. The number of allylic oxidation sites excluding steroid dienone is 1. The number of ether oxygens (including phenoxy) is 2. The van der Waals surface area contributed by atoms with Crippen molar-refractivity contribution in [2.45, 2.75) is 19.8 Å². The van der Waals surface area contributed by atoms with E-state index in [2.05, 4.69) is 26.7 Å². The molecule has 36 heavy (non-hydrogen) atoms. The molecule has 2 aromatic rings. The number of benzene rings is 1. The fourth-order valence-corrected chi connectivity index (χ4v) is 3.98. The van der Waals surface area contributed by atoms with Crippen LogP contribution in [0.4, 0.5) is 11.6 Å². The summed E-state index contributed by atoms with van der Waals surface area (Å²) in [5.41, 5.74) is 1.49. The van der Waals surface area contributed by atoms with Gasteiger partial charge in [0.1, 0.15) is 11.6 Å². The number of nitrogens with one attached hydrogen (secondary N) is 2. The van der Waals surface area contributed by atoms with Gasteiger partial charge in [-0.3, -0.25) is 14.5 Å². The first-order valence-corrected chi connectivity index (χ1v) is 12.0. The van der Waals surface area contributed by atoms with E-state index >= 15 is 0 Å². The smallest absolute Gasteiger partial charge is 0.320 e. The number of nitrogens with zero attached hydrogens (tertiary/aromatic N) is 5. The number of carbonyl (C=O) groups is 2. The molecule has 0 saturated carbocycles. The van der Waals surface area contributed by atoms with E-state index in [-0.39, 0.29) is 24.0 Å². The molecule has 2 aliphatic rings. The van der Waals surface area contributed by atoms with E-state index in [1.807, 2.05) is 34.1 Å². The minimum Gasteiger partial charge on any atom is -0.465 e. The first-order chi connectivity index (χ1) is 17.6. The van der Waals surface area contributed by atoms with E-state index in [1.165, 1.54) is 0 Å². The van der Waals surface area contributed by atoms with Crippen molar-refractivity contribution in [3.63, 3.8) is 0 Å². The maximum Gasteiger partial charge on any atom is 0.320 e. The summed E-state index contributed by atoms with van der Waals surface area (Å²) in [4.78, 5) is 36.7. The number of amides is 1. The molecular formula is C25H29N7O4. The van der Waals surface area contributed by atoms with Crippen molar-refractivity contribution < 1.29 is 19.1 Å². The third-order valence-corrected chi connectivity index (χ3v) is 5.83. The molecule has 4 rings (SSSR count). The average molecular weight is 492 g/mol. The summed E-state index contributed by atoms with van der Waals surface area (Å²) in [5, 5.41) is 15.9. The highest BCUT2D eigenvalue weighted by atomic mass is 16.5. The number of hydrogen-bond donors (Lipinski definition) is 2. The van der Waals surface area contributed by atoms with Crippen molar-refractivity contribution in [3.8, 4) is 11.8 Å². The van der Waals surface area contributed by atoms with Gasteiger partial charge in [0, 0.05) is 45.3 Å². The molecule has 11 nitrogen and oxygen atoms in total. The highest BCUT2D eigenvalue weighted by Gasteiger charge is 2.23. The maximum absolute atomic E-state index is 12.6. The number of fused-ring (bicyclic) bond motifs is 1. The molecule has 2 aliphatic heterocycles. The largest absolute Gasteiger partial charge is 0.465 e. The third-order valence-electron chi connectivity index (χ3n) is 5.83. The second-order valence-corrected chi connectivity index (χ2v) is 8.30. The summed E-state index contributed by atoms with van der Waals surface area (Å²) in [6, 6.07) is 11.2. The molecule has 0 spiro atoms. The summed E-state index contributed by atoms with van der Waals surface area (Å²) in [6.07, 6.45) is 2.58. The minimum atomic E-state index is -0.232. The van der Waals surface area contributed by atoms with Crippen LogP contribution in [0.3, 0.4) is 0 Å². The van der Waals surface area contributed by atoms with Crippen LogP contribution in [0.2, 0.25) is 0 Å². The van der Waals surface area contributed by atoms with E-state index in [4.69, 9.17) is 9.47 Å². The fraction of sp³-hybridized carbons (Fsp3) is 0.400. The van der Waals surface area contributed by atoms with Gasteiger partial charge in [-0.15, -0.1) is 0 Å². The molecule has 0 bridgehead atoms. The number of hydrogen-bond acceptors (Lipinski definition) is 10. The lowest BCUT2D eigenvalue weighted by molar-refractivity contribution is -0.145.